The van der Waals surface area contributed by atoms with E-state index in [1.807, 2.05) is 12.2 Å². The molecule has 0 bridgehead atoms. The molecule has 0 fully saturated rings. The summed E-state index contributed by atoms with van der Waals surface area (Å²) in [5.74, 6) is 0. The molecule has 0 heteroatoms. The van der Waals surface area contributed by atoms with Gasteiger partial charge in [-0.05, 0) is 32.0 Å². The Morgan fingerprint density at radius 3 is 2.05 bits per heavy atom. The summed E-state index contributed by atoms with van der Waals surface area (Å²) in [6, 6.07) is 16.9. The molecule has 21 heavy (non-hydrogen) atoms. The van der Waals surface area contributed by atoms with Gasteiger partial charge in [0.2, 0.25) is 0 Å². The Kier molecular flexibility index (Phi) is 4.94. The molecule has 0 N–H and O–H groups in total. The van der Waals surface area contributed by atoms with Gasteiger partial charge in [0.25, 0.3) is 0 Å². The van der Waals surface area contributed by atoms with E-state index in [0.717, 1.165) is 5.22 Å². The molecular weight excluding hydrogens is 252 g/mol. The summed E-state index contributed by atoms with van der Waals surface area (Å²) >= 11 is 0. The van der Waals surface area contributed by atoms with E-state index in [0.29, 0.717) is 0 Å². The zero-order chi connectivity index (χ0) is 15.2. The SMILES string of the molecule is C=C/C=c1/cccc2ccc3cccc(=C)c3c12.CCC. The number of hydrogen-bond acceptors (Lipinski definition) is 0. The second kappa shape index (κ2) is 6.90. The number of hydrogen-bond donors (Lipinski definition) is 0. The molecule has 0 heterocycles. The smallest absolute Gasteiger partial charge is 0.00270 e. The average Bonchev–Trinajstić information content (AvgIpc) is 2.48. The van der Waals surface area contributed by atoms with E-state index in [-0.39, 0.29) is 0 Å². The van der Waals surface area contributed by atoms with Crippen molar-refractivity contribution < 1.29 is 0 Å². The Labute approximate surface area is 126 Å². The van der Waals surface area contributed by atoms with Crippen molar-refractivity contribution in [1.82, 2.24) is 0 Å². The summed E-state index contributed by atoms with van der Waals surface area (Å²) in [7, 11) is 0. The summed E-state index contributed by atoms with van der Waals surface area (Å²) < 4.78 is 0. The van der Waals surface area contributed by atoms with E-state index in [1.54, 1.807) is 0 Å². The predicted molar refractivity (Wildman–Crippen MR) is 96.9 cm³/mol. The van der Waals surface area contributed by atoms with Crippen LogP contribution < -0.4 is 10.4 Å². The van der Waals surface area contributed by atoms with Gasteiger partial charge in [-0.25, -0.2) is 0 Å². The van der Waals surface area contributed by atoms with Gasteiger partial charge < -0.3 is 0 Å². The van der Waals surface area contributed by atoms with Crippen LogP contribution in [-0.2, 0) is 0 Å². The molecule has 3 aromatic carbocycles. The Morgan fingerprint density at radius 2 is 1.43 bits per heavy atom. The first-order valence-corrected chi connectivity index (χ1v) is 7.45. The topological polar surface area (TPSA) is 0 Å². The van der Waals surface area contributed by atoms with E-state index in [2.05, 4.69) is 75.5 Å². The highest BCUT2D eigenvalue weighted by molar-refractivity contribution is 6.08. The van der Waals surface area contributed by atoms with Crippen molar-refractivity contribution in [3.63, 3.8) is 0 Å². The third-order valence-corrected chi connectivity index (χ3v) is 3.30. The van der Waals surface area contributed by atoms with Crippen molar-refractivity contribution in [2.75, 3.05) is 0 Å². The van der Waals surface area contributed by atoms with Crippen molar-refractivity contribution in [3.8, 4) is 0 Å². The Bertz CT molecular complexity index is 870. The lowest BCUT2D eigenvalue weighted by Gasteiger charge is -2.05. The highest BCUT2D eigenvalue weighted by atomic mass is 14.0. The molecule has 3 rings (SSSR count). The number of rotatable bonds is 1. The summed E-state index contributed by atoms with van der Waals surface area (Å²) in [6.07, 6.45) is 5.13. The van der Waals surface area contributed by atoms with Crippen LogP contribution in [0.25, 0.3) is 34.2 Å². The fourth-order valence-corrected chi connectivity index (χ4v) is 2.53. The van der Waals surface area contributed by atoms with Crippen LogP contribution in [0, 0.1) is 0 Å². The quantitative estimate of drug-likeness (QED) is 0.560. The van der Waals surface area contributed by atoms with Gasteiger partial charge in [-0.2, -0.15) is 0 Å². The van der Waals surface area contributed by atoms with Gasteiger partial charge in [0.15, 0.2) is 0 Å². The first kappa shape index (κ1) is 15.1. The second-order valence-corrected chi connectivity index (χ2v) is 5.14. The molecule has 0 aliphatic carbocycles. The summed E-state index contributed by atoms with van der Waals surface area (Å²) in [4.78, 5) is 0. The van der Waals surface area contributed by atoms with E-state index < -0.39 is 0 Å². The van der Waals surface area contributed by atoms with Crippen LogP contribution in [0.15, 0.2) is 61.2 Å². The summed E-state index contributed by atoms with van der Waals surface area (Å²) in [6.45, 7) is 12.2. The molecule has 0 saturated carbocycles. The fourth-order valence-electron chi connectivity index (χ4n) is 2.53. The van der Waals surface area contributed by atoms with Gasteiger partial charge in [-0.1, -0.05) is 94.1 Å². The Morgan fingerprint density at radius 1 is 0.857 bits per heavy atom. The van der Waals surface area contributed by atoms with Gasteiger partial charge in [-0.3, -0.25) is 0 Å². The van der Waals surface area contributed by atoms with E-state index in [4.69, 9.17) is 0 Å². The molecule has 0 unspecified atom stereocenters. The zero-order valence-electron chi connectivity index (χ0n) is 12.9. The van der Waals surface area contributed by atoms with Gasteiger partial charge in [-0.15, -0.1) is 0 Å². The Hall–Kier alpha value is -2.34. The molecule has 106 valence electrons. The van der Waals surface area contributed by atoms with Crippen LogP contribution in [0.1, 0.15) is 20.3 Å². The third-order valence-electron chi connectivity index (χ3n) is 3.30. The van der Waals surface area contributed by atoms with Crippen LogP contribution in [0.5, 0.6) is 0 Å². The molecule has 0 radical (unpaired) electrons. The average molecular weight is 274 g/mol. The Balaban J connectivity index is 0.000000497. The molecule has 0 aliphatic rings. The maximum Gasteiger partial charge on any atom is -0.00270 e. The molecule has 0 spiro atoms. The lowest BCUT2D eigenvalue weighted by molar-refractivity contribution is 1.09. The molecular formula is C21H22. The van der Waals surface area contributed by atoms with Crippen LogP contribution in [0.4, 0.5) is 0 Å². The zero-order valence-corrected chi connectivity index (χ0v) is 12.9. The molecule has 3 aromatic rings. The maximum atomic E-state index is 4.16. The van der Waals surface area contributed by atoms with Crippen molar-refractivity contribution in [2.45, 2.75) is 20.3 Å². The third kappa shape index (κ3) is 3.05. The first-order valence-electron chi connectivity index (χ1n) is 7.45. The van der Waals surface area contributed by atoms with E-state index in [9.17, 15) is 0 Å². The van der Waals surface area contributed by atoms with Gasteiger partial charge >= 0.3 is 0 Å². The summed E-state index contributed by atoms with van der Waals surface area (Å²) in [5, 5.41) is 7.26. The minimum Gasteiger partial charge on any atom is -0.0990 e. The predicted octanol–water partition coefficient (Wildman–Crippen LogP) is 4.79. The van der Waals surface area contributed by atoms with Crippen molar-refractivity contribution in [2.24, 2.45) is 0 Å². The molecule has 0 amide bonds. The highest BCUT2D eigenvalue weighted by Gasteiger charge is 2.01. The molecule has 0 saturated heterocycles. The minimum absolute atomic E-state index is 1.07. The van der Waals surface area contributed by atoms with Crippen LogP contribution in [0.2, 0.25) is 0 Å². The monoisotopic (exact) mass is 274 g/mol. The van der Waals surface area contributed by atoms with Crippen LogP contribution in [-0.4, -0.2) is 0 Å². The number of fused-ring (bicyclic) bond motifs is 3. The lowest BCUT2D eigenvalue weighted by Crippen LogP contribution is -2.06. The minimum atomic E-state index is 1.07. The summed E-state index contributed by atoms with van der Waals surface area (Å²) in [5.41, 5.74) is 0. The molecule has 0 aromatic heterocycles. The second-order valence-electron chi connectivity index (χ2n) is 5.14. The van der Waals surface area contributed by atoms with Crippen LogP contribution >= 0.6 is 0 Å². The first-order chi connectivity index (χ1) is 10.2. The van der Waals surface area contributed by atoms with E-state index >= 15 is 0 Å². The van der Waals surface area contributed by atoms with Gasteiger partial charge in [0, 0.05) is 0 Å². The number of benzene rings is 3. The van der Waals surface area contributed by atoms with Crippen molar-refractivity contribution in [3.05, 3.63) is 71.6 Å². The van der Waals surface area contributed by atoms with Crippen LogP contribution in [0.3, 0.4) is 0 Å². The molecule has 0 aliphatic heterocycles. The lowest BCUT2D eigenvalue weighted by atomic mass is 9.99. The largest absolute Gasteiger partial charge is 0.0990 e. The van der Waals surface area contributed by atoms with Crippen molar-refractivity contribution in [1.29, 1.82) is 0 Å². The van der Waals surface area contributed by atoms with Crippen molar-refractivity contribution >= 4 is 34.2 Å². The molecule has 0 atom stereocenters. The molecule has 0 nitrogen and oxygen atoms in total. The van der Waals surface area contributed by atoms with E-state index in [1.165, 1.54) is 33.2 Å². The van der Waals surface area contributed by atoms with Gasteiger partial charge in [0.05, 0.1) is 0 Å². The maximum absolute atomic E-state index is 4.16. The van der Waals surface area contributed by atoms with Gasteiger partial charge in [0.1, 0.15) is 0 Å². The fraction of sp³-hybridized carbons (Fsp3) is 0.143. The standard InChI is InChI=1S/C18H14.C3H8/c1-3-6-14-9-5-10-16-12-11-15-8-4-7-13(2)17(15)18(14)16;1-3-2/h3-12H,1-2H2;3H2,1-2H3/b14-6-;. The number of allylic oxidation sites excluding steroid dienone is 1. The highest BCUT2D eigenvalue weighted by Crippen LogP contribution is 2.19. The normalized spacial score (nSPS) is 11.2.